The van der Waals surface area contributed by atoms with Gasteiger partial charge in [-0.3, -0.25) is 9.59 Å². The fraction of sp³-hybridized carbons (Fsp3) is 0.265. The quantitative estimate of drug-likeness (QED) is 0.0799. The van der Waals surface area contributed by atoms with Crippen molar-refractivity contribution < 1.29 is 28.6 Å². The first-order valence-corrected chi connectivity index (χ1v) is 15.5. The van der Waals surface area contributed by atoms with Gasteiger partial charge in [-0.25, -0.2) is 4.79 Å². The largest absolute Gasteiger partial charge is 0.494 e. The molecule has 0 radical (unpaired) electrons. The smallest absolute Gasteiger partial charge is 0.330 e. The second kappa shape index (κ2) is 14.9. The molecule has 0 saturated heterocycles. The van der Waals surface area contributed by atoms with Gasteiger partial charge < -0.3 is 14.2 Å². The van der Waals surface area contributed by atoms with Crippen LogP contribution in [-0.2, 0) is 14.3 Å². The first kappa shape index (κ1) is 31.2. The molecule has 1 unspecified atom stereocenters. The van der Waals surface area contributed by atoms with Crippen LogP contribution in [-0.4, -0.2) is 41.8 Å². The number of unbranched alkanes of at least 4 members (excludes halogenated alkanes) is 1. The van der Waals surface area contributed by atoms with Crippen molar-refractivity contribution in [1.82, 2.24) is 0 Å². The van der Waals surface area contributed by atoms with Crippen molar-refractivity contribution in [3.63, 3.8) is 0 Å². The summed E-state index contributed by atoms with van der Waals surface area (Å²) in [4.78, 5) is 36.7. The summed E-state index contributed by atoms with van der Waals surface area (Å²) in [6, 6.07) is 19.5. The predicted octanol–water partition coefficient (Wildman–Crippen LogP) is 7.85. The van der Waals surface area contributed by atoms with Gasteiger partial charge in [-0.1, -0.05) is 44.0 Å². The summed E-state index contributed by atoms with van der Waals surface area (Å²) in [6.07, 6.45) is 2.65. The molecule has 4 rings (SSSR count). The lowest BCUT2D eigenvalue weighted by molar-refractivity contribution is -0.137. The maximum atomic E-state index is 13.1. The number of ether oxygens (including phenoxy) is 3. The molecular formula is C34H34O6S2. The van der Waals surface area contributed by atoms with Crippen molar-refractivity contribution in [3.05, 3.63) is 102 Å². The number of hydrogen-bond donors (Lipinski definition) is 0. The van der Waals surface area contributed by atoms with E-state index >= 15 is 0 Å². The molecule has 0 aliphatic heterocycles. The Kier molecular flexibility index (Phi) is 11.1. The van der Waals surface area contributed by atoms with Gasteiger partial charge in [0.1, 0.15) is 11.5 Å². The third-order valence-corrected chi connectivity index (χ3v) is 8.63. The van der Waals surface area contributed by atoms with E-state index < -0.39 is 5.97 Å². The zero-order chi connectivity index (χ0) is 30.1. The van der Waals surface area contributed by atoms with Crippen LogP contribution in [0.15, 0.2) is 90.4 Å². The summed E-state index contributed by atoms with van der Waals surface area (Å²) in [6.45, 7) is 12.2. The Labute approximate surface area is 255 Å². The fourth-order valence-electron chi connectivity index (χ4n) is 4.51. The maximum absolute atomic E-state index is 13.1. The highest BCUT2D eigenvalue weighted by molar-refractivity contribution is 8.14. The molecule has 42 heavy (non-hydrogen) atoms. The number of rotatable bonds is 14. The Balaban J connectivity index is 1.30. The molecule has 0 heterocycles. The minimum absolute atomic E-state index is 0.0212. The Morgan fingerprint density at radius 1 is 0.857 bits per heavy atom. The van der Waals surface area contributed by atoms with E-state index in [2.05, 4.69) is 32.2 Å². The monoisotopic (exact) mass is 602 g/mol. The zero-order valence-corrected chi connectivity index (χ0v) is 25.5. The molecule has 0 bridgehead atoms. The Morgan fingerprint density at radius 2 is 1.50 bits per heavy atom. The number of fused-ring (bicyclic) bond motifs is 3. The molecule has 0 amide bonds. The number of esters is 1. The highest BCUT2D eigenvalue weighted by Crippen LogP contribution is 2.46. The van der Waals surface area contributed by atoms with Gasteiger partial charge in [0.2, 0.25) is 10.2 Å². The topological polar surface area (TPSA) is 78.9 Å². The molecule has 0 fully saturated rings. The first-order chi connectivity index (χ1) is 20.3. The number of carbonyl (C=O) groups is 3. The minimum atomic E-state index is -0.410. The lowest BCUT2D eigenvalue weighted by Gasteiger charge is -2.11. The van der Waals surface area contributed by atoms with Crippen molar-refractivity contribution in [2.75, 3.05) is 25.6 Å². The lowest BCUT2D eigenvalue weighted by Crippen LogP contribution is -2.04. The third kappa shape index (κ3) is 8.17. The predicted molar refractivity (Wildman–Crippen MR) is 170 cm³/mol. The molecule has 8 heteroatoms. The van der Waals surface area contributed by atoms with E-state index in [1.165, 1.54) is 29.1 Å². The molecule has 6 nitrogen and oxygen atoms in total. The molecule has 0 saturated carbocycles. The molecule has 0 spiro atoms. The molecule has 1 atom stereocenters. The number of hydrogen-bond acceptors (Lipinski definition) is 8. The molecule has 0 N–H and O–H groups in total. The van der Waals surface area contributed by atoms with Crippen molar-refractivity contribution in [2.45, 2.75) is 37.5 Å². The van der Waals surface area contributed by atoms with E-state index in [1.54, 1.807) is 6.92 Å². The van der Waals surface area contributed by atoms with Gasteiger partial charge in [0.05, 0.1) is 19.8 Å². The van der Waals surface area contributed by atoms with Crippen LogP contribution in [0.5, 0.6) is 11.5 Å². The second-order valence-corrected chi connectivity index (χ2v) is 11.9. The first-order valence-electron chi connectivity index (χ1n) is 13.7. The third-order valence-electron chi connectivity index (χ3n) is 6.72. The van der Waals surface area contributed by atoms with E-state index in [0.717, 1.165) is 46.3 Å². The number of carbonyl (C=O) groups excluding carboxylic acids is 3. The molecule has 3 aromatic rings. The van der Waals surface area contributed by atoms with E-state index in [-0.39, 0.29) is 16.1 Å². The summed E-state index contributed by atoms with van der Waals surface area (Å²) in [7, 11) is 0. The molecule has 0 aromatic heterocycles. The van der Waals surface area contributed by atoms with Crippen LogP contribution < -0.4 is 9.47 Å². The summed E-state index contributed by atoms with van der Waals surface area (Å²) in [5.41, 5.74) is 5.79. The van der Waals surface area contributed by atoms with Gasteiger partial charge in [-0.2, -0.15) is 0 Å². The van der Waals surface area contributed by atoms with Crippen LogP contribution in [0.3, 0.4) is 0 Å². The standard InChI is InChI=1S/C34H34O6S2/c1-5-32(35)40-17-7-6-16-38-26-11-15-29-28-14-8-24(20-30(28)23(4)31(29)21-26)34(37)42-27-12-9-25(10-13-27)39-18-19-41-33(36)22(2)3/h5,8-15,20-21,23H,1-2,6-7,16-19H2,3-4H3. The van der Waals surface area contributed by atoms with E-state index in [4.69, 9.17) is 14.2 Å². The van der Waals surface area contributed by atoms with E-state index in [9.17, 15) is 14.4 Å². The van der Waals surface area contributed by atoms with E-state index in [1.807, 2.05) is 48.5 Å². The van der Waals surface area contributed by atoms with Crippen molar-refractivity contribution in [1.29, 1.82) is 0 Å². The average molecular weight is 603 g/mol. The average Bonchev–Trinajstić information content (AvgIpc) is 3.27. The van der Waals surface area contributed by atoms with Crippen LogP contribution >= 0.6 is 23.5 Å². The summed E-state index contributed by atoms with van der Waals surface area (Å²) < 4.78 is 16.6. The van der Waals surface area contributed by atoms with Gasteiger partial charge in [0, 0.05) is 28.2 Å². The van der Waals surface area contributed by atoms with Crippen LogP contribution in [0.25, 0.3) is 11.1 Å². The SMILES string of the molecule is C=CC(=O)OCCCCOc1ccc2c(c1)C(C)c1cc(C(=O)Sc3ccc(OCCSC(=O)C(=C)C)cc3)ccc1-2. The lowest BCUT2D eigenvalue weighted by atomic mass is 9.98. The minimum Gasteiger partial charge on any atom is -0.494 e. The second-order valence-electron chi connectivity index (χ2n) is 9.83. The van der Waals surface area contributed by atoms with Crippen LogP contribution in [0.2, 0.25) is 0 Å². The van der Waals surface area contributed by atoms with Gasteiger partial charge in [0.15, 0.2) is 0 Å². The van der Waals surface area contributed by atoms with Gasteiger partial charge >= 0.3 is 5.97 Å². The summed E-state index contributed by atoms with van der Waals surface area (Å²) >= 11 is 2.38. The number of thioether (sulfide) groups is 2. The summed E-state index contributed by atoms with van der Waals surface area (Å²) in [5.74, 6) is 1.76. The Morgan fingerprint density at radius 3 is 2.21 bits per heavy atom. The fourth-order valence-corrected chi connectivity index (χ4v) is 5.84. The van der Waals surface area contributed by atoms with Gasteiger partial charge in [0.25, 0.3) is 0 Å². The summed E-state index contributed by atoms with van der Waals surface area (Å²) in [5, 5.41) is -0.0476. The molecule has 218 valence electrons. The van der Waals surface area contributed by atoms with Gasteiger partial charge in [-0.05, 0) is 108 Å². The highest BCUT2D eigenvalue weighted by Gasteiger charge is 2.27. The normalized spacial score (nSPS) is 13.0. The highest BCUT2D eigenvalue weighted by atomic mass is 32.2. The Hall–Kier alpha value is -3.75. The zero-order valence-electron chi connectivity index (χ0n) is 23.9. The number of benzene rings is 3. The van der Waals surface area contributed by atoms with Crippen molar-refractivity contribution in [2.24, 2.45) is 0 Å². The molecule has 3 aromatic carbocycles. The molecule has 1 aliphatic carbocycles. The van der Waals surface area contributed by atoms with Crippen LogP contribution in [0.4, 0.5) is 0 Å². The van der Waals surface area contributed by atoms with Gasteiger partial charge in [-0.15, -0.1) is 0 Å². The Bertz CT molecular complexity index is 1480. The van der Waals surface area contributed by atoms with Crippen molar-refractivity contribution >= 4 is 39.7 Å². The van der Waals surface area contributed by atoms with Crippen LogP contribution in [0.1, 0.15) is 54.1 Å². The van der Waals surface area contributed by atoms with E-state index in [0.29, 0.717) is 42.5 Å². The molecular weight excluding hydrogens is 569 g/mol. The maximum Gasteiger partial charge on any atom is 0.330 e. The van der Waals surface area contributed by atoms with Crippen molar-refractivity contribution in [3.8, 4) is 22.6 Å². The van der Waals surface area contributed by atoms with Crippen LogP contribution in [0, 0.1) is 0 Å². The molecule has 1 aliphatic rings.